The second kappa shape index (κ2) is 9.32. The lowest BCUT2D eigenvalue weighted by Crippen LogP contribution is -2.41. The van der Waals surface area contributed by atoms with Crippen molar-refractivity contribution < 1.29 is 14.3 Å². The van der Waals surface area contributed by atoms with Crippen LogP contribution in [0.5, 0.6) is 0 Å². The Labute approximate surface area is 208 Å². The Morgan fingerprint density at radius 1 is 1.03 bits per heavy atom. The van der Waals surface area contributed by atoms with E-state index in [0.29, 0.717) is 42.5 Å². The van der Waals surface area contributed by atoms with E-state index in [1.54, 1.807) is 30.5 Å². The zero-order valence-electron chi connectivity index (χ0n) is 18.9. The fourth-order valence-corrected chi connectivity index (χ4v) is 5.05. The van der Waals surface area contributed by atoms with Crippen molar-refractivity contribution in [1.29, 1.82) is 0 Å². The third kappa shape index (κ3) is 4.12. The molecule has 0 bridgehead atoms. The number of hydrazine groups is 1. The van der Waals surface area contributed by atoms with Gasteiger partial charge in [-0.15, -0.1) is 11.3 Å². The number of benzene rings is 1. The van der Waals surface area contributed by atoms with Crippen LogP contribution in [0.2, 0.25) is 0 Å². The number of anilines is 1. The number of thiophene rings is 1. The van der Waals surface area contributed by atoms with Crippen molar-refractivity contribution in [2.75, 3.05) is 31.2 Å². The average Bonchev–Trinajstić information content (AvgIpc) is 3.59. The minimum absolute atomic E-state index is 0.202. The van der Waals surface area contributed by atoms with Crippen LogP contribution in [0, 0.1) is 0 Å². The molecule has 2 amide bonds. The van der Waals surface area contributed by atoms with Crippen molar-refractivity contribution in [2.45, 2.75) is 0 Å². The van der Waals surface area contributed by atoms with Crippen LogP contribution in [0.1, 0.15) is 20.2 Å². The van der Waals surface area contributed by atoms with Gasteiger partial charge >= 0.3 is 0 Å². The molecule has 1 aliphatic rings. The number of carbonyl (C=O) groups excluding carboxylic acids is 2. The van der Waals surface area contributed by atoms with E-state index < -0.39 is 11.8 Å². The van der Waals surface area contributed by atoms with Gasteiger partial charge in [0.05, 0.1) is 40.0 Å². The van der Waals surface area contributed by atoms with Gasteiger partial charge in [0.1, 0.15) is 5.69 Å². The molecule has 0 atom stereocenters. The number of morpholine rings is 1. The molecule has 4 aromatic heterocycles. The summed E-state index contributed by atoms with van der Waals surface area (Å²) in [4.78, 5) is 41.4. The molecule has 1 fully saturated rings. The van der Waals surface area contributed by atoms with E-state index in [2.05, 4.69) is 30.9 Å². The number of amides is 2. The van der Waals surface area contributed by atoms with E-state index in [9.17, 15) is 9.59 Å². The highest BCUT2D eigenvalue weighted by Gasteiger charge is 2.23. The Balaban J connectivity index is 1.36. The molecule has 180 valence electrons. The first-order valence-corrected chi connectivity index (χ1v) is 12.1. The van der Waals surface area contributed by atoms with Gasteiger partial charge < -0.3 is 9.64 Å². The Morgan fingerprint density at radius 3 is 2.72 bits per heavy atom. The first-order chi connectivity index (χ1) is 17.7. The van der Waals surface area contributed by atoms with Gasteiger partial charge in [0.25, 0.3) is 11.8 Å². The summed E-state index contributed by atoms with van der Waals surface area (Å²) in [6, 6.07) is 12.5. The first-order valence-electron chi connectivity index (χ1n) is 11.3. The highest BCUT2D eigenvalue weighted by Crippen LogP contribution is 2.35. The van der Waals surface area contributed by atoms with Gasteiger partial charge in [-0.25, -0.2) is 9.97 Å². The number of aromatic nitrogens is 5. The molecular formula is C24H20N8O3S. The highest BCUT2D eigenvalue weighted by molar-refractivity contribution is 7.21. The normalized spacial score (nSPS) is 13.7. The van der Waals surface area contributed by atoms with Crippen LogP contribution in [0.4, 0.5) is 5.82 Å². The SMILES string of the molecule is O=C(NNC(=O)c1cc2nc(-c3cccc4[nH]ncc34)nc(N3CCOCC3)c2s1)c1ccccn1. The number of rotatable bonds is 4. The van der Waals surface area contributed by atoms with Crippen LogP contribution in [0.3, 0.4) is 0 Å². The van der Waals surface area contributed by atoms with Gasteiger partial charge in [0.2, 0.25) is 0 Å². The van der Waals surface area contributed by atoms with Crippen LogP contribution >= 0.6 is 11.3 Å². The van der Waals surface area contributed by atoms with Crippen molar-refractivity contribution in [3.63, 3.8) is 0 Å². The molecule has 0 spiro atoms. The molecule has 0 saturated carbocycles. The lowest BCUT2D eigenvalue weighted by molar-refractivity contribution is 0.0846. The summed E-state index contributed by atoms with van der Waals surface area (Å²) < 4.78 is 6.32. The van der Waals surface area contributed by atoms with Crippen molar-refractivity contribution in [1.82, 2.24) is 36.0 Å². The van der Waals surface area contributed by atoms with E-state index in [1.807, 2.05) is 18.2 Å². The summed E-state index contributed by atoms with van der Waals surface area (Å²) in [5.74, 6) is 0.340. The molecule has 36 heavy (non-hydrogen) atoms. The fourth-order valence-electron chi connectivity index (χ4n) is 4.04. The second-order valence-electron chi connectivity index (χ2n) is 8.06. The average molecular weight is 501 g/mol. The molecule has 1 aromatic carbocycles. The Morgan fingerprint density at radius 2 is 1.89 bits per heavy atom. The zero-order chi connectivity index (χ0) is 24.5. The maximum atomic E-state index is 12.9. The molecule has 0 unspecified atom stereocenters. The van der Waals surface area contributed by atoms with Crippen molar-refractivity contribution >= 4 is 50.1 Å². The van der Waals surface area contributed by atoms with Gasteiger partial charge in [-0.05, 0) is 24.3 Å². The van der Waals surface area contributed by atoms with E-state index in [1.165, 1.54) is 17.5 Å². The Kier molecular flexibility index (Phi) is 5.71. The largest absolute Gasteiger partial charge is 0.378 e. The molecule has 5 heterocycles. The minimum atomic E-state index is -0.505. The summed E-state index contributed by atoms with van der Waals surface area (Å²) in [6.45, 7) is 2.55. The molecule has 5 aromatic rings. The molecule has 6 rings (SSSR count). The monoisotopic (exact) mass is 500 g/mol. The number of nitrogens with zero attached hydrogens (tertiary/aromatic N) is 5. The topological polar surface area (TPSA) is 138 Å². The Hall–Kier alpha value is -4.42. The third-order valence-corrected chi connectivity index (χ3v) is 6.92. The van der Waals surface area contributed by atoms with Crippen molar-refractivity contribution in [3.8, 4) is 11.4 Å². The van der Waals surface area contributed by atoms with Gasteiger partial charge in [-0.1, -0.05) is 18.2 Å². The van der Waals surface area contributed by atoms with Gasteiger partial charge in [-0.2, -0.15) is 5.10 Å². The van der Waals surface area contributed by atoms with Gasteiger partial charge in [-0.3, -0.25) is 30.5 Å². The molecule has 0 aliphatic carbocycles. The number of ether oxygens (including phenoxy) is 1. The quantitative estimate of drug-likeness (QED) is 0.320. The lowest BCUT2D eigenvalue weighted by atomic mass is 10.1. The summed E-state index contributed by atoms with van der Waals surface area (Å²) in [5, 5.41) is 8.04. The molecule has 12 heteroatoms. The number of hydrogen-bond acceptors (Lipinski definition) is 9. The number of nitrogens with one attached hydrogen (secondary N) is 3. The van der Waals surface area contributed by atoms with Crippen LogP contribution in [0.25, 0.3) is 32.5 Å². The second-order valence-corrected chi connectivity index (χ2v) is 9.11. The van der Waals surface area contributed by atoms with E-state index in [-0.39, 0.29) is 5.69 Å². The predicted molar refractivity (Wildman–Crippen MR) is 135 cm³/mol. The minimum Gasteiger partial charge on any atom is -0.378 e. The highest BCUT2D eigenvalue weighted by atomic mass is 32.1. The van der Waals surface area contributed by atoms with Crippen LogP contribution in [-0.4, -0.2) is 63.3 Å². The number of hydrogen-bond donors (Lipinski definition) is 3. The molecular weight excluding hydrogens is 480 g/mol. The van der Waals surface area contributed by atoms with Crippen LogP contribution in [-0.2, 0) is 4.74 Å². The number of pyridine rings is 1. The summed E-state index contributed by atoms with van der Waals surface area (Å²) in [7, 11) is 0. The molecule has 1 saturated heterocycles. The third-order valence-electron chi connectivity index (χ3n) is 5.80. The lowest BCUT2D eigenvalue weighted by Gasteiger charge is -2.28. The maximum Gasteiger partial charge on any atom is 0.288 e. The van der Waals surface area contributed by atoms with Crippen molar-refractivity contribution in [2.24, 2.45) is 0 Å². The predicted octanol–water partition coefficient (Wildman–Crippen LogP) is 2.54. The first kappa shape index (κ1) is 22.1. The maximum absolute atomic E-state index is 12.9. The van der Waals surface area contributed by atoms with Crippen LogP contribution < -0.4 is 15.8 Å². The summed E-state index contributed by atoms with van der Waals surface area (Å²) in [6.07, 6.45) is 3.26. The Bertz CT molecular complexity index is 1580. The van der Waals surface area contributed by atoms with Crippen LogP contribution in [0.15, 0.2) is 54.9 Å². The number of aromatic amines is 1. The summed E-state index contributed by atoms with van der Waals surface area (Å²) >= 11 is 1.28. The fraction of sp³-hybridized carbons (Fsp3) is 0.167. The number of fused-ring (bicyclic) bond motifs is 2. The number of H-pyrrole nitrogens is 1. The van der Waals surface area contributed by atoms with Gasteiger partial charge in [0, 0.05) is 30.2 Å². The molecule has 1 aliphatic heterocycles. The molecule has 0 radical (unpaired) electrons. The van der Waals surface area contributed by atoms with E-state index in [4.69, 9.17) is 14.7 Å². The summed E-state index contributed by atoms with van der Waals surface area (Å²) in [5.41, 5.74) is 7.45. The molecule has 11 nitrogen and oxygen atoms in total. The van der Waals surface area contributed by atoms with E-state index in [0.717, 1.165) is 27.0 Å². The number of carbonyl (C=O) groups is 2. The molecule has 3 N–H and O–H groups in total. The van der Waals surface area contributed by atoms with Crippen molar-refractivity contribution in [3.05, 3.63) is 65.4 Å². The zero-order valence-corrected chi connectivity index (χ0v) is 19.7. The standard InChI is InChI=1S/C24H20N8O3S/c33-23(17-5-1-2-7-25-17)30-31-24(34)19-12-18-20(36-19)22(32-8-10-35-11-9-32)28-21(27-18)14-4-3-6-16-15(14)13-26-29-16/h1-7,12-13H,8-11H2,(H,26,29)(H,30,33)(H,31,34). The van der Waals surface area contributed by atoms with E-state index >= 15 is 0 Å². The van der Waals surface area contributed by atoms with Gasteiger partial charge in [0.15, 0.2) is 11.6 Å². The smallest absolute Gasteiger partial charge is 0.288 e.